The van der Waals surface area contributed by atoms with Gasteiger partial charge in [-0.25, -0.2) is 4.90 Å². The van der Waals surface area contributed by atoms with Crippen molar-refractivity contribution in [3.8, 4) is 5.75 Å². The van der Waals surface area contributed by atoms with E-state index >= 15 is 0 Å². The van der Waals surface area contributed by atoms with Crippen LogP contribution in [-0.4, -0.2) is 48.6 Å². The average molecular weight is 429 g/mol. The lowest BCUT2D eigenvalue weighted by Gasteiger charge is -2.20. The molecule has 1 aliphatic heterocycles. The molecule has 7 heteroatoms. The molecule has 3 rings (SSSR count). The molecule has 0 fully saturated rings. The van der Waals surface area contributed by atoms with E-state index in [1.54, 1.807) is 60.5 Å². The number of likely N-dealkylation sites (N-methyl/N-ethyl adjacent to an activating group) is 1. The Hall–Kier alpha value is -2.83. The number of aliphatic hydroxyl groups is 1. The van der Waals surface area contributed by atoms with Crippen molar-refractivity contribution in [1.82, 2.24) is 4.90 Å². The van der Waals surface area contributed by atoms with Crippen molar-refractivity contribution in [2.75, 3.05) is 31.7 Å². The number of rotatable bonds is 8. The highest BCUT2D eigenvalue weighted by Gasteiger charge is 2.41. The number of hydrogen-bond donors (Lipinski definition) is 1. The van der Waals surface area contributed by atoms with Crippen LogP contribution in [0.3, 0.4) is 0 Å². The van der Waals surface area contributed by atoms with Gasteiger partial charge in [-0.1, -0.05) is 37.6 Å². The van der Waals surface area contributed by atoms with Crippen molar-refractivity contribution in [1.29, 1.82) is 0 Å². The monoisotopic (exact) mass is 428 g/mol. The molecule has 0 saturated heterocycles. The van der Waals surface area contributed by atoms with Gasteiger partial charge in [-0.2, -0.15) is 0 Å². The van der Waals surface area contributed by atoms with Crippen LogP contribution < -0.4 is 9.64 Å². The van der Waals surface area contributed by atoms with E-state index in [2.05, 4.69) is 13.8 Å². The normalized spacial score (nSPS) is 14.1. The molecule has 30 heavy (non-hydrogen) atoms. The molecule has 0 saturated carbocycles. The van der Waals surface area contributed by atoms with E-state index in [0.717, 1.165) is 4.90 Å². The predicted octanol–water partition coefficient (Wildman–Crippen LogP) is 3.58. The van der Waals surface area contributed by atoms with Crippen LogP contribution in [0.4, 0.5) is 5.69 Å². The highest BCUT2D eigenvalue weighted by molar-refractivity contribution is 6.45. The summed E-state index contributed by atoms with van der Waals surface area (Å²) in [6.45, 7) is 4.78. The molecule has 1 aliphatic rings. The second-order valence-electron chi connectivity index (χ2n) is 7.52. The number of imide groups is 1. The maximum Gasteiger partial charge on any atom is 0.282 e. The van der Waals surface area contributed by atoms with E-state index in [1.165, 1.54) is 0 Å². The van der Waals surface area contributed by atoms with Gasteiger partial charge < -0.3 is 14.7 Å². The Labute approximate surface area is 181 Å². The van der Waals surface area contributed by atoms with Crippen molar-refractivity contribution in [2.45, 2.75) is 13.8 Å². The maximum absolute atomic E-state index is 13.3. The number of anilines is 1. The second kappa shape index (κ2) is 9.32. The number of hydrogen-bond acceptors (Lipinski definition) is 5. The first-order chi connectivity index (χ1) is 14.3. The molecule has 0 radical (unpaired) electrons. The summed E-state index contributed by atoms with van der Waals surface area (Å²) in [5, 5.41) is 9.88. The van der Waals surface area contributed by atoms with Gasteiger partial charge in [-0.3, -0.25) is 9.59 Å². The van der Waals surface area contributed by atoms with Crippen LogP contribution in [0.15, 0.2) is 54.2 Å². The highest BCUT2D eigenvalue weighted by Crippen LogP contribution is 2.35. The van der Waals surface area contributed by atoms with E-state index in [4.69, 9.17) is 16.3 Å². The van der Waals surface area contributed by atoms with Gasteiger partial charge in [0.05, 0.1) is 24.5 Å². The van der Waals surface area contributed by atoms with Crippen molar-refractivity contribution >= 4 is 34.7 Å². The van der Waals surface area contributed by atoms with Crippen molar-refractivity contribution in [2.24, 2.45) is 5.92 Å². The molecule has 0 aliphatic carbocycles. The molecule has 6 nitrogen and oxygen atoms in total. The van der Waals surface area contributed by atoms with Gasteiger partial charge in [0.15, 0.2) is 0 Å². The smallest absolute Gasteiger partial charge is 0.282 e. The Kier molecular flexibility index (Phi) is 6.80. The van der Waals surface area contributed by atoms with Crippen LogP contribution in [0.1, 0.15) is 19.4 Å². The zero-order valence-electron chi connectivity index (χ0n) is 17.3. The Morgan fingerprint density at radius 3 is 2.23 bits per heavy atom. The third-order valence-electron chi connectivity index (χ3n) is 4.69. The Bertz CT molecular complexity index is 952. The van der Waals surface area contributed by atoms with Crippen molar-refractivity contribution in [3.63, 3.8) is 0 Å². The zero-order chi connectivity index (χ0) is 21.8. The topological polar surface area (TPSA) is 70.1 Å². The third-order valence-corrected chi connectivity index (χ3v) is 4.94. The molecule has 0 atom stereocenters. The lowest BCUT2D eigenvalue weighted by molar-refractivity contribution is -0.120. The molecule has 0 aromatic heterocycles. The minimum atomic E-state index is -0.434. The number of amides is 2. The van der Waals surface area contributed by atoms with Crippen molar-refractivity contribution < 1.29 is 19.4 Å². The van der Waals surface area contributed by atoms with Crippen LogP contribution in [0.25, 0.3) is 5.57 Å². The van der Waals surface area contributed by atoms with Crippen LogP contribution in [0.5, 0.6) is 5.75 Å². The Morgan fingerprint density at radius 1 is 1.03 bits per heavy atom. The summed E-state index contributed by atoms with van der Waals surface area (Å²) in [6.07, 6.45) is 0. The number of aliphatic hydroxyl groups excluding tert-OH is 1. The first kappa shape index (κ1) is 21.9. The van der Waals surface area contributed by atoms with Crippen molar-refractivity contribution in [3.05, 3.63) is 64.8 Å². The largest absolute Gasteiger partial charge is 0.493 e. The lowest BCUT2D eigenvalue weighted by atomic mass is 10.0. The molecule has 158 valence electrons. The Balaban J connectivity index is 1.96. The average Bonchev–Trinajstić information content (AvgIpc) is 2.98. The van der Waals surface area contributed by atoms with E-state index in [0.29, 0.717) is 34.5 Å². The summed E-state index contributed by atoms with van der Waals surface area (Å²) in [6, 6.07) is 13.7. The van der Waals surface area contributed by atoms with Gasteiger partial charge in [-0.15, -0.1) is 0 Å². The number of carbonyl (C=O) groups is 2. The number of ether oxygens (including phenoxy) is 1. The number of benzene rings is 2. The molecule has 0 bridgehead atoms. The fourth-order valence-corrected chi connectivity index (χ4v) is 3.33. The summed E-state index contributed by atoms with van der Waals surface area (Å²) >= 11 is 5.98. The van der Waals surface area contributed by atoms with E-state index in [-0.39, 0.29) is 24.4 Å². The minimum Gasteiger partial charge on any atom is -0.493 e. The minimum absolute atomic E-state index is 0.142. The van der Waals surface area contributed by atoms with Gasteiger partial charge in [-0.05, 0) is 47.9 Å². The van der Waals surface area contributed by atoms with Crippen LogP contribution >= 0.6 is 11.6 Å². The fraction of sp³-hybridized carbons (Fsp3) is 0.304. The van der Waals surface area contributed by atoms with Crippen LogP contribution in [-0.2, 0) is 9.59 Å². The molecule has 1 N–H and O–H groups in total. The van der Waals surface area contributed by atoms with Gasteiger partial charge in [0.1, 0.15) is 11.4 Å². The summed E-state index contributed by atoms with van der Waals surface area (Å²) in [4.78, 5) is 29.3. The number of carbonyl (C=O) groups excluding carboxylic acids is 2. The molecule has 1 heterocycles. The van der Waals surface area contributed by atoms with Gasteiger partial charge in [0, 0.05) is 18.6 Å². The van der Waals surface area contributed by atoms with E-state index in [9.17, 15) is 14.7 Å². The van der Waals surface area contributed by atoms with E-state index in [1.807, 2.05) is 0 Å². The summed E-state index contributed by atoms with van der Waals surface area (Å²) in [7, 11) is 1.68. The molecule has 2 aromatic carbocycles. The molecule has 0 spiro atoms. The summed E-state index contributed by atoms with van der Waals surface area (Å²) < 4.78 is 5.68. The molecule has 0 unspecified atom stereocenters. The fourth-order valence-electron chi connectivity index (χ4n) is 3.20. The third kappa shape index (κ3) is 4.50. The first-order valence-electron chi connectivity index (χ1n) is 9.77. The first-order valence-corrected chi connectivity index (χ1v) is 10.1. The lowest BCUT2D eigenvalue weighted by Crippen LogP contribution is -2.34. The zero-order valence-corrected chi connectivity index (χ0v) is 18.0. The summed E-state index contributed by atoms with van der Waals surface area (Å²) in [5.41, 5.74) is 1.59. The van der Waals surface area contributed by atoms with Crippen LogP contribution in [0.2, 0.25) is 5.02 Å². The number of nitrogens with zero attached hydrogens (tertiary/aromatic N) is 2. The second-order valence-corrected chi connectivity index (χ2v) is 7.96. The van der Waals surface area contributed by atoms with Gasteiger partial charge in [0.25, 0.3) is 11.8 Å². The van der Waals surface area contributed by atoms with Gasteiger partial charge in [0.2, 0.25) is 0 Å². The molecule has 2 amide bonds. The molecular formula is C23H25ClN2O4. The SMILES string of the molecule is CC(C)COc1ccc(N2C(=O)C(c3ccc(Cl)cc3)=C(N(C)CCO)C2=O)cc1. The number of halogens is 1. The maximum atomic E-state index is 13.3. The van der Waals surface area contributed by atoms with Crippen LogP contribution in [0, 0.1) is 5.92 Å². The Morgan fingerprint density at radius 2 is 1.67 bits per heavy atom. The standard InChI is InChI=1S/C23H25ClN2O4/c1-15(2)14-30-19-10-8-18(9-11-19)26-22(28)20(16-4-6-17(24)7-5-16)21(23(26)29)25(3)12-13-27/h4-11,15,27H,12-14H2,1-3H3. The molecule has 2 aromatic rings. The van der Waals surface area contributed by atoms with E-state index < -0.39 is 11.8 Å². The van der Waals surface area contributed by atoms with Gasteiger partial charge >= 0.3 is 0 Å². The predicted molar refractivity (Wildman–Crippen MR) is 117 cm³/mol. The summed E-state index contributed by atoms with van der Waals surface area (Å²) in [5.74, 6) is 0.215. The highest BCUT2D eigenvalue weighted by atomic mass is 35.5. The quantitative estimate of drug-likeness (QED) is 0.651. The molecular weight excluding hydrogens is 404 g/mol.